The first-order valence-corrected chi connectivity index (χ1v) is 8.06. The summed E-state index contributed by atoms with van der Waals surface area (Å²) >= 11 is 3.66. The van der Waals surface area contributed by atoms with Crippen LogP contribution in [0.3, 0.4) is 0 Å². The molecule has 1 aliphatic carbocycles. The van der Waals surface area contributed by atoms with Gasteiger partial charge in [0, 0.05) is 4.47 Å². The van der Waals surface area contributed by atoms with Crippen molar-refractivity contribution in [3.05, 3.63) is 69.2 Å². The average Bonchev–Trinajstić information content (AvgIpc) is 2.37. The predicted molar refractivity (Wildman–Crippen MR) is 87.9 cm³/mol. The molecular formula is C18H20BrN. The van der Waals surface area contributed by atoms with Gasteiger partial charge >= 0.3 is 0 Å². The maximum atomic E-state index is 6.55. The Labute approximate surface area is 129 Å². The van der Waals surface area contributed by atoms with E-state index in [-0.39, 0.29) is 6.04 Å². The number of benzene rings is 2. The summed E-state index contributed by atoms with van der Waals surface area (Å²) in [6, 6.07) is 15.0. The molecule has 0 aromatic heterocycles. The Bertz CT molecular complexity index is 617. The highest BCUT2D eigenvalue weighted by atomic mass is 79.9. The highest BCUT2D eigenvalue weighted by molar-refractivity contribution is 9.10. The van der Waals surface area contributed by atoms with Crippen LogP contribution in [-0.2, 0) is 0 Å². The molecular weight excluding hydrogens is 310 g/mol. The van der Waals surface area contributed by atoms with E-state index in [1.54, 1.807) is 0 Å². The molecule has 2 heteroatoms. The quantitative estimate of drug-likeness (QED) is 0.835. The van der Waals surface area contributed by atoms with Crippen LogP contribution in [0.4, 0.5) is 0 Å². The second kappa shape index (κ2) is 5.71. The van der Waals surface area contributed by atoms with Gasteiger partial charge in [0.15, 0.2) is 0 Å². The van der Waals surface area contributed by atoms with Crippen molar-refractivity contribution in [2.45, 2.75) is 38.1 Å². The fourth-order valence-corrected chi connectivity index (χ4v) is 3.68. The number of hydrogen-bond donors (Lipinski definition) is 1. The fraction of sp³-hybridized carbons (Fsp3) is 0.333. The van der Waals surface area contributed by atoms with Crippen molar-refractivity contribution in [2.24, 2.45) is 5.73 Å². The van der Waals surface area contributed by atoms with E-state index >= 15 is 0 Å². The van der Waals surface area contributed by atoms with Crippen molar-refractivity contribution in [3.8, 4) is 0 Å². The monoisotopic (exact) mass is 329 g/mol. The lowest BCUT2D eigenvalue weighted by Gasteiger charge is -2.30. The minimum Gasteiger partial charge on any atom is -0.320 e. The van der Waals surface area contributed by atoms with Crippen molar-refractivity contribution >= 4 is 15.9 Å². The molecule has 2 N–H and O–H groups in total. The molecule has 0 amide bonds. The number of aryl methyl sites for hydroxylation is 1. The fourth-order valence-electron chi connectivity index (χ4n) is 2.94. The minimum absolute atomic E-state index is 0.0539. The molecule has 1 aliphatic rings. The van der Waals surface area contributed by atoms with Gasteiger partial charge in [-0.1, -0.05) is 58.7 Å². The maximum absolute atomic E-state index is 6.55. The largest absolute Gasteiger partial charge is 0.320 e. The molecule has 3 rings (SSSR count). The number of hydrogen-bond acceptors (Lipinski definition) is 1. The molecule has 20 heavy (non-hydrogen) atoms. The van der Waals surface area contributed by atoms with Gasteiger partial charge in [-0.3, -0.25) is 0 Å². The van der Waals surface area contributed by atoms with Crippen molar-refractivity contribution in [3.63, 3.8) is 0 Å². The van der Waals surface area contributed by atoms with Gasteiger partial charge in [0.2, 0.25) is 0 Å². The Balaban J connectivity index is 1.99. The highest BCUT2D eigenvalue weighted by Crippen LogP contribution is 2.40. The van der Waals surface area contributed by atoms with Gasteiger partial charge in [-0.05, 0) is 54.0 Å². The van der Waals surface area contributed by atoms with E-state index in [1.807, 2.05) is 0 Å². The van der Waals surface area contributed by atoms with Crippen LogP contribution in [-0.4, -0.2) is 0 Å². The molecule has 0 spiro atoms. The molecule has 0 heterocycles. The summed E-state index contributed by atoms with van der Waals surface area (Å²) in [7, 11) is 0. The molecule has 0 radical (unpaired) electrons. The van der Waals surface area contributed by atoms with Crippen LogP contribution in [0.25, 0.3) is 0 Å². The van der Waals surface area contributed by atoms with Crippen molar-refractivity contribution < 1.29 is 0 Å². The Morgan fingerprint density at radius 2 is 1.85 bits per heavy atom. The van der Waals surface area contributed by atoms with Gasteiger partial charge in [0.05, 0.1) is 6.04 Å². The van der Waals surface area contributed by atoms with Gasteiger partial charge in [-0.15, -0.1) is 0 Å². The van der Waals surface area contributed by atoms with E-state index in [1.165, 1.54) is 41.5 Å². The zero-order valence-corrected chi connectivity index (χ0v) is 13.4. The first-order valence-electron chi connectivity index (χ1n) is 7.27. The lowest BCUT2D eigenvalue weighted by Crippen LogP contribution is -2.18. The van der Waals surface area contributed by atoms with E-state index in [0.717, 1.165) is 4.47 Å². The number of nitrogens with two attached hydrogens (primary N) is 1. The van der Waals surface area contributed by atoms with Crippen molar-refractivity contribution in [1.82, 2.24) is 0 Å². The van der Waals surface area contributed by atoms with Crippen LogP contribution in [0.5, 0.6) is 0 Å². The Morgan fingerprint density at radius 1 is 1.10 bits per heavy atom. The number of halogens is 1. The van der Waals surface area contributed by atoms with E-state index in [4.69, 9.17) is 5.73 Å². The summed E-state index contributed by atoms with van der Waals surface area (Å²) < 4.78 is 1.11. The van der Waals surface area contributed by atoms with E-state index < -0.39 is 0 Å². The molecule has 1 nitrogen and oxygen atoms in total. The second-order valence-electron chi connectivity index (χ2n) is 5.76. The standard InChI is InChI=1S/C18H20BrN/c1-12-9-10-16(17(19)11-12)18(20)15-8-3-2-7-14(15)13-5-4-6-13/h2-3,7-11,13,18H,4-6,20H2,1H3. The zero-order chi connectivity index (χ0) is 14.1. The summed E-state index contributed by atoms with van der Waals surface area (Å²) in [4.78, 5) is 0. The van der Waals surface area contributed by atoms with E-state index in [2.05, 4.69) is 65.3 Å². The maximum Gasteiger partial charge on any atom is 0.0565 e. The molecule has 1 unspecified atom stereocenters. The summed E-state index contributed by atoms with van der Waals surface area (Å²) in [5.74, 6) is 0.710. The van der Waals surface area contributed by atoms with Crippen LogP contribution < -0.4 is 5.73 Å². The second-order valence-corrected chi connectivity index (χ2v) is 6.61. The average molecular weight is 330 g/mol. The summed E-state index contributed by atoms with van der Waals surface area (Å²) in [5.41, 5.74) is 11.7. The molecule has 1 atom stereocenters. The normalized spacial score (nSPS) is 16.8. The Kier molecular flexibility index (Phi) is 3.95. The minimum atomic E-state index is -0.0539. The van der Waals surface area contributed by atoms with Gasteiger partial charge < -0.3 is 5.73 Å². The third-order valence-electron chi connectivity index (χ3n) is 4.37. The van der Waals surface area contributed by atoms with Gasteiger partial charge in [-0.25, -0.2) is 0 Å². The third kappa shape index (κ3) is 2.55. The first kappa shape index (κ1) is 13.8. The lowest BCUT2D eigenvalue weighted by molar-refractivity contribution is 0.416. The molecule has 0 bridgehead atoms. The van der Waals surface area contributed by atoms with Crippen molar-refractivity contribution in [1.29, 1.82) is 0 Å². The third-order valence-corrected chi connectivity index (χ3v) is 5.05. The predicted octanol–water partition coefficient (Wildman–Crippen LogP) is 5.07. The first-order chi connectivity index (χ1) is 9.66. The molecule has 0 saturated heterocycles. The summed E-state index contributed by atoms with van der Waals surface area (Å²) in [6.07, 6.45) is 3.96. The van der Waals surface area contributed by atoms with Gasteiger partial charge in [-0.2, -0.15) is 0 Å². The van der Waals surface area contributed by atoms with Crippen LogP contribution in [0.15, 0.2) is 46.9 Å². The van der Waals surface area contributed by atoms with Gasteiger partial charge in [0.1, 0.15) is 0 Å². The van der Waals surface area contributed by atoms with Crippen LogP contribution in [0.2, 0.25) is 0 Å². The van der Waals surface area contributed by atoms with Crippen LogP contribution in [0.1, 0.15) is 53.5 Å². The zero-order valence-electron chi connectivity index (χ0n) is 11.8. The molecule has 1 saturated carbocycles. The summed E-state index contributed by atoms with van der Waals surface area (Å²) in [6.45, 7) is 2.10. The van der Waals surface area contributed by atoms with Crippen molar-refractivity contribution in [2.75, 3.05) is 0 Å². The summed E-state index contributed by atoms with van der Waals surface area (Å²) in [5, 5.41) is 0. The Morgan fingerprint density at radius 3 is 2.50 bits per heavy atom. The highest BCUT2D eigenvalue weighted by Gasteiger charge is 2.24. The van der Waals surface area contributed by atoms with E-state index in [9.17, 15) is 0 Å². The molecule has 1 fully saturated rings. The van der Waals surface area contributed by atoms with Crippen LogP contribution in [0, 0.1) is 6.92 Å². The SMILES string of the molecule is Cc1ccc(C(N)c2ccccc2C2CCC2)c(Br)c1. The number of rotatable bonds is 3. The molecule has 2 aromatic carbocycles. The van der Waals surface area contributed by atoms with Gasteiger partial charge in [0.25, 0.3) is 0 Å². The smallest absolute Gasteiger partial charge is 0.0565 e. The van der Waals surface area contributed by atoms with E-state index in [0.29, 0.717) is 5.92 Å². The lowest BCUT2D eigenvalue weighted by atomic mass is 9.76. The van der Waals surface area contributed by atoms with Crippen LogP contribution >= 0.6 is 15.9 Å². The topological polar surface area (TPSA) is 26.0 Å². The molecule has 104 valence electrons. The molecule has 0 aliphatic heterocycles. The molecule has 2 aromatic rings. The Hall–Kier alpha value is -1.12.